The summed E-state index contributed by atoms with van der Waals surface area (Å²) < 4.78 is 9.89. The zero-order valence-corrected chi connectivity index (χ0v) is 9.52. The molecule has 0 aliphatic carbocycles. The molecule has 0 saturated heterocycles. The highest BCUT2D eigenvalue weighted by molar-refractivity contribution is 5.99. The highest BCUT2D eigenvalue weighted by atomic mass is 16.5. The van der Waals surface area contributed by atoms with Gasteiger partial charge >= 0.3 is 5.97 Å². The van der Waals surface area contributed by atoms with Crippen LogP contribution in [0.25, 0.3) is 10.4 Å². The molecule has 2 rings (SSSR count). The molecule has 7 nitrogen and oxygen atoms in total. The van der Waals surface area contributed by atoms with E-state index < -0.39 is 11.9 Å². The van der Waals surface area contributed by atoms with Gasteiger partial charge in [0.05, 0.1) is 11.8 Å². The molecule has 1 amide bonds. The smallest absolute Gasteiger partial charge is 0.379 e. The average Bonchev–Trinajstić information content (AvgIpc) is 2.93. The summed E-state index contributed by atoms with van der Waals surface area (Å²) >= 11 is 0. The lowest BCUT2D eigenvalue weighted by molar-refractivity contribution is 0.0699. The molecule has 1 heterocycles. The number of amides is 1. The fraction of sp³-hybridized carbons (Fsp3) is 0. The van der Waals surface area contributed by atoms with E-state index in [4.69, 9.17) is 14.7 Å². The average molecular weight is 257 g/mol. The standard InChI is InChI=1S/C12H7N3O4/c13-15-14-11(16)8-4-1-2-5-9(8)19-12(17)10-6-3-7-18-10/h1-7H. The molecule has 2 aromatic rings. The Hall–Kier alpha value is -3.05. The van der Waals surface area contributed by atoms with Crippen molar-refractivity contribution < 1.29 is 18.7 Å². The van der Waals surface area contributed by atoms with E-state index in [-0.39, 0.29) is 17.1 Å². The van der Waals surface area contributed by atoms with Gasteiger partial charge in [-0.25, -0.2) is 4.79 Å². The van der Waals surface area contributed by atoms with Crippen molar-refractivity contribution in [1.29, 1.82) is 0 Å². The zero-order chi connectivity index (χ0) is 13.7. The maximum atomic E-state index is 11.7. The second-order valence-corrected chi connectivity index (χ2v) is 3.36. The summed E-state index contributed by atoms with van der Waals surface area (Å²) in [6, 6.07) is 8.92. The molecule has 1 aromatic heterocycles. The summed E-state index contributed by atoms with van der Waals surface area (Å²) in [5, 5.41) is 2.95. The number of benzene rings is 1. The van der Waals surface area contributed by atoms with E-state index in [2.05, 4.69) is 10.0 Å². The van der Waals surface area contributed by atoms with Crippen LogP contribution in [0.4, 0.5) is 0 Å². The number of esters is 1. The van der Waals surface area contributed by atoms with Crippen LogP contribution in [-0.2, 0) is 0 Å². The van der Waals surface area contributed by atoms with Crippen LogP contribution in [0.15, 0.2) is 52.2 Å². The van der Waals surface area contributed by atoms with Crippen LogP contribution in [0.5, 0.6) is 5.75 Å². The molecule has 0 unspecified atom stereocenters. The first-order valence-electron chi connectivity index (χ1n) is 5.16. The zero-order valence-electron chi connectivity index (χ0n) is 9.52. The highest BCUT2D eigenvalue weighted by Gasteiger charge is 2.16. The van der Waals surface area contributed by atoms with Crippen LogP contribution >= 0.6 is 0 Å². The van der Waals surface area contributed by atoms with Crippen molar-refractivity contribution in [3.05, 3.63) is 64.4 Å². The fourth-order valence-corrected chi connectivity index (χ4v) is 1.37. The number of nitrogens with zero attached hydrogens (tertiary/aromatic N) is 3. The summed E-state index contributed by atoms with van der Waals surface area (Å²) in [6.45, 7) is 0. The number of ether oxygens (including phenoxy) is 1. The van der Waals surface area contributed by atoms with E-state index in [0.717, 1.165) is 0 Å². The van der Waals surface area contributed by atoms with Crippen molar-refractivity contribution in [1.82, 2.24) is 0 Å². The number of hydrogen-bond acceptors (Lipinski definition) is 4. The van der Waals surface area contributed by atoms with Crippen molar-refractivity contribution in [2.24, 2.45) is 5.11 Å². The Morgan fingerprint density at radius 2 is 2.00 bits per heavy atom. The minimum Gasteiger partial charge on any atom is -0.457 e. The number of carbonyl (C=O) groups excluding carboxylic acids is 2. The van der Waals surface area contributed by atoms with Gasteiger partial charge < -0.3 is 9.15 Å². The van der Waals surface area contributed by atoms with Crippen molar-refractivity contribution in [2.75, 3.05) is 0 Å². The van der Waals surface area contributed by atoms with Gasteiger partial charge in [0.15, 0.2) is 0 Å². The van der Waals surface area contributed by atoms with Gasteiger partial charge in [-0.3, -0.25) is 4.79 Å². The lowest BCUT2D eigenvalue weighted by Crippen LogP contribution is -2.10. The second-order valence-electron chi connectivity index (χ2n) is 3.36. The Morgan fingerprint density at radius 3 is 2.68 bits per heavy atom. The topological polar surface area (TPSA) is 105 Å². The molecular weight excluding hydrogens is 250 g/mol. The highest BCUT2D eigenvalue weighted by Crippen LogP contribution is 2.20. The van der Waals surface area contributed by atoms with Gasteiger partial charge in [-0.05, 0) is 34.9 Å². The first kappa shape index (κ1) is 12.4. The van der Waals surface area contributed by atoms with Crippen molar-refractivity contribution >= 4 is 11.9 Å². The Balaban J connectivity index is 2.28. The van der Waals surface area contributed by atoms with Crippen LogP contribution in [0, 0.1) is 0 Å². The van der Waals surface area contributed by atoms with Crippen LogP contribution in [0.3, 0.4) is 0 Å². The van der Waals surface area contributed by atoms with Crippen LogP contribution in [-0.4, -0.2) is 11.9 Å². The number of para-hydroxylation sites is 1. The number of azide groups is 1. The van der Waals surface area contributed by atoms with E-state index in [1.807, 2.05) is 0 Å². The van der Waals surface area contributed by atoms with Gasteiger partial charge in [-0.15, -0.1) is 0 Å². The molecule has 1 aromatic carbocycles. The van der Waals surface area contributed by atoms with Crippen molar-refractivity contribution in [2.45, 2.75) is 0 Å². The van der Waals surface area contributed by atoms with Gasteiger partial charge in [0, 0.05) is 4.91 Å². The quantitative estimate of drug-likeness (QED) is 0.277. The van der Waals surface area contributed by atoms with E-state index in [1.54, 1.807) is 12.1 Å². The fourth-order valence-electron chi connectivity index (χ4n) is 1.37. The number of rotatable bonds is 3. The molecule has 0 bridgehead atoms. The van der Waals surface area contributed by atoms with Gasteiger partial charge in [0.2, 0.25) is 5.76 Å². The third-order valence-corrected chi connectivity index (χ3v) is 2.18. The molecule has 0 N–H and O–H groups in total. The molecule has 0 atom stereocenters. The summed E-state index contributed by atoms with van der Waals surface area (Å²) in [6.07, 6.45) is 1.33. The van der Waals surface area contributed by atoms with Crippen molar-refractivity contribution in [3.63, 3.8) is 0 Å². The van der Waals surface area contributed by atoms with Crippen molar-refractivity contribution in [3.8, 4) is 5.75 Å². The van der Waals surface area contributed by atoms with E-state index in [1.165, 1.54) is 30.5 Å². The molecule has 94 valence electrons. The first-order chi connectivity index (χ1) is 9.22. The van der Waals surface area contributed by atoms with Crippen LogP contribution < -0.4 is 4.74 Å². The van der Waals surface area contributed by atoms with E-state index in [9.17, 15) is 9.59 Å². The monoisotopic (exact) mass is 257 g/mol. The Kier molecular flexibility index (Phi) is 3.61. The molecule has 0 aliphatic rings. The lowest BCUT2D eigenvalue weighted by atomic mass is 10.2. The number of hydrogen-bond donors (Lipinski definition) is 0. The van der Waals surface area contributed by atoms with E-state index >= 15 is 0 Å². The molecule has 7 heteroatoms. The summed E-state index contributed by atoms with van der Waals surface area (Å²) in [5.74, 6) is -1.57. The summed E-state index contributed by atoms with van der Waals surface area (Å²) in [5.41, 5.74) is 8.24. The molecule has 0 aliphatic heterocycles. The van der Waals surface area contributed by atoms with Crippen LogP contribution in [0.1, 0.15) is 20.9 Å². The Bertz CT molecular complexity index is 657. The summed E-state index contributed by atoms with van der Waals surface area (Å²) in [7, 11) is 0. The largest absolute Gasteiger partial charge is 0.457 e. The van der Waals surface area contributed by atoms with Gasteiger partial charge in [0.1, 0.15) is 5.75 Å². The summed E-state index contributed by atoms with van der Waals surface area (Å²) in [4.78, 5) is 25.6. The normalized spacial score (nSPS) is 9.47. The molecule has 0 fully saturated rings. The SMILES string of the molecule is [N-]=[N+]=NC(=O)c1ccccc1OC(=O)c1ccco1. The van der Waals surface area contributed by atoms with E-state index in [0.29, 0.717) is 0 Å². The minimum absolute atomic E-state index is 0.000191. The first-order valence-corrected chi connectivity index (χ1v) is 5.16. The number of carbonyl (C=O) groups is 2. The molecule has 19 heavy (non-hydrogen) atoms. The Morgan fingerprint density at radius 1 is 1.21 bits per heavy atom. The second kappa shape index (κ2) is 5.52. The number of furan rings is 1. The maximum absolute atomic E-state index is 11.7. The molecule has 0 spiro atoms. The van der Waals surface area contributed by atoms with Crippen LogP contribution in [0.2, 0.25) is 0 Å². The third-order valence-electron chi connectivity index (χ3n) is 2.18. The lowest BCUT2D eigenvalue weighted by Gasteiger charge is -2.05. The van der Waals surface area contributed by atoms with Gasteiger partial charge in [-0.1, -0.05) is 12.1 Å². The predicted octanol–water partition coefficient (Wildman–Crippen LogP) is 2.95. The predicted molar refractivity (Wildman–Crippen MR) is 63.6 cm³/mol. The molecular formula is C12H7N3O4. The van der Waals surface area contributed by atoms with Gasteiger partial charge in [-0.2, -0.15) is 0 Å². The molecule has 0 radical (unpaired) electrons. The van der Waals surface area contributed by atoms with Gasteiger partial charge in [0.25, 0.3) is 5.91 Å². The molecule has 0 saturated carbocycles. The Labute approximate surface area is 107 Å². The third kappa shape index (κ3) is 2.80. The minimum atomic E-state index is -0.828. The maximum Gasteiger partial charge on any atom is 0.379 e.